The van der Waals surface area contributed by atoms with E-state index >= 15 is 0 Å². The van der Waals surface area contributed by atoms with Gasteiger partial charge in [-0.05, 0) is 18.2 Å². The highest BCUT2D eigenvalue weighted by molar-refractivity contribution is 7.89. The molecule has 0 unspecified atom stereocenters. The molecule has 4 nitrogen and oxygen atoms in total. The largest absolute Gasteiger partial charge is 0.245 e. The highest BCUT2D eigenvalue weighted by Crippen LogP contribution is 2.18. The smallest absolute Gasteiger partial charge is 0.207 e. The number of hydrogen-bond acceptors (Lipinski definition) is 3. The predicted octanol–water partition coefficient (Wildman–Crippen LogP) is 0.948. The molecule has 80 valence electrons. The van der Waals surface area contributed by atoms with Crippen molar-refractivity contribution in [3.05, 3.63) is 29.6 Å². The summed E-state index contributed by atoms with van der Waals surface area (Å²) in [6.07, 6.45) is 0. The average Bonchev–Trinajstić information content (AvgIpc) is 2.18. The Balaban J connectivity index is 3.45. The van der Waals surface area contributed by atoms with E-state index in [1.807, 2.05) is 0 Å². The molecule has 0 heterocycles. The summed E-state index contributed by atoms with van der Waals surface area (Å²) in [7, 11) is -1.23. The maximum atomic E-state index is 13.2. The van der Waals surface area contributed by atoms with E-state index in [0.29, 0.717) is 0 Å². The molecular formula is C9H9FN2O2S. The SMILES string of the molecule is CN(C)S(=O)(=O)c1cc(C#N)ccc1F. The van der Waals surface area contributed by atoms with E-state index in [1.54, 1.807) is 6.07 Å². The lowest BCUT2D eigenvalue weighted by Crippen LogP contribution is -2.23. The molecule has 15 heavy (non-hydrogen) atoms. The van der Waals surface area contributed by atoms with Gasteiger partial charge in [0.1, 0.15) is 10.7 Å². The van der Waals surface area contributed by atoms with Gasteiger partial charge >= 0.3 is 0 Å². The fourth-order valence-electron chi connectivity index (χ4n) is 0.967. The van der Waals surface area contributed by atoms with Crippen LogP contribution in [-0.4, -0.2) is 26.8 Å². The normalized spacial score (nSPS) is 11.4. The molecule has 0 spiro atoms. The molecule has 0 aliphatic carbocycles. The molecule has 0 saturated heterocycles. The second-order valence-electron chi connectivity index (χ2n) is 3.04. The Morgan fingerprint density at radius 3 is 2.47 bits per heavy atom. The Morgan fingerprint density at radius 1 is 1.40 bits per heavy atom. The molecule has 0 aliphatic rings. The molecule has 1 aromatic rings. The lowest BCUT2D eigenvalue weighted by Gasteiger charge is -2.11. The molecule has 0 aliphatic heterocycles. The van der Waals surface area contributed by atoms with Gasteiger partial charge in [-0.25, -0.2) is 17.1 Å². The molecule has 0 N–H and O–H groups in total. The van der Waals surface area contributed by atoms with E-state index in [-0.39, 0.29) is 5.56 Å². The lowest BCUT2D eigenvalue weighted by atomic mass is 10.2. The van der Waals surface area contributed by atoms with Crippen LogP contribution >= 0.6 is 0 Å². The Labute approximate surface area is 87.6 Å². The average molecular weight is 228 g/mol. The Hall–Kier alpha value is -1.45. The van der Waals surface area contributed by atoms with Crippen LogP contribution in [0.15, 0.2) is 23.1 Å². The lowest BCUT2D eigenvalue weighted by molar-refractivity contribution is 0.508. The van der Waals surface area contributed by atoms with Crippen LogP contribution in [0, 0.1) is 17.1 Å². The van der Waals surface area contributed by atoms with Gasteiger partial charge in [0, 0.05) is 14.1 Å². The van der Waals surface area contributed by atoms with Gasteiger partial charge in [0.15, 0.2) is 0 Å². The van der Waals surface area contributed by atoms with Gasteiger partial charge < -0.3 is 0 Å². The van der Waals surface area contributed by atoms with Gasteiger partial charge in [-0.2, -0.15) is 5.26 Å². The van der Waals surface area contributed by atoms with Gasteiger partial charge in [-0.15, -0.1) is 0 Å². The van der Waals surface area contributed by atoms with Crippen molar-refractivity contribution in [3.63, 3.8) is 0 Å². The summed E-state index contributed by atoms with van der Waals surface area (Å²) < 4.78 is 37.3. The van der Waals surface area contributed by atoms with Crippen LogP contribution in [0.25, 0.3) is 0 Å². The summed E-state index contributed by atoms with van der Waals surface area (Å²) in [6.45, 7) is 0. The second-order valence-corrected chi connectivity index (χ2v) is 5.16. The fraction of sp³-hybridized carbons (Fsp3) is 0.222. The molecule has 1 rings (SSSR count). The third-order valence-corrected chi connectivity index (χ3v) is 3.65. The number of sulfonamides is 1. The van der Waals surface area contributed by atoms with Gasteiger partial charge in [0.25, 0.3) is 0 Å². The predicted molar refractivity (Wildman–Crippen MR) is 52.0 cm³/mol. The van der Waals surface area contributed by atoms with E-state index in [1.165, 1.54) is 20.2 Å². The van der Waals surface area contributed by atoms with Crippen molar-refractivity contribution in [2.24, 2.45) is 0 Å². The number of nitrogens with zero attached hydrogens (tertiary/aromatic N) is 2. The summed E-state index contributed by atoms with van der Waals surface area (Å²) in [5, 5.41) is 8.58. The second kappa shape index (κ2) is 3.96. The molecule has 1 aromatic carbocycles. The van der Waals surface area contributed by atoms with Crippen molar-refractivity contribution in [1.29, 1.82) is 5.26 Å². The third-order valence-electron chi connectivity index (χ3n) is 1.82. The molecule has 0 fully saturated rings. The number of hydrogen-bond donors (Lipinski definition) is 0. The van der Waals surface area contributed by atoms with Crippen molar-refractivity contribution in [1.82, 2.24) is 4.31 Å². The molecule has 0 saturated carbocycles. The summed E-state index contributed by atoms with van der Waals surface area (Å²) in [4.78, 5) is -0.480. The minimum Gasteiger partial charge on any atom is -0.207 e. The van der Waals surface area contributed by atoms with Crippen molar-refractivity contribution >= 4 is 10.0 Å². The number of nitriles is 1. The highest BCUT2D eigenvalue weighted by Gasteiger charge is 2.21. The van der Waals surface area contributed by atoms with Crippen LogP contribution < -0.4 is 0 Å². The molecule has 0 bridgehead atoms. The van der Waals surface area contributed by atoms with Crippen LogP contribution in [0.5, 0.6) is 0 Å². The number of benzene rings is 1. The number of rotatable bonds is 2. The van der Waals surface area contributed by atoms with Gasteiger partial charge in [-0.1, -0.05) is 0 Å². The zero-order valence-corrected chi connectivity index (χ0v) is 9.05. The molecule has 6 heteroatoms. The highest BCUT2D eigenvalue weighted by atomic mass is 32.2. The standard InChI is InChI=1S/C9H9FN2O2S/c1-12(2)15(13,14)9-5-7(6-11)3-4-8(9)10/h3-5H,1-2H3. The molecule has 0 atom stereocenters. The Morgan fingerprint density at radius 2 is 2.00 bits per heavy atom. The first kappa shape index (κ1) is 11.6. The van der Waals surface area contributed by atoms with Crippen LogP contribution in [0.4, 0.5) is 4.39 Å². The van der Waals surface area contributed by atoms with E-state index in [4.69, 9.17) is 5.26 Å². The maximum absolute atomic E-state index is 13.2. The van der Waals surface area contributed by atoms with Crippen LogP contribution in [0.2, 0.25) is 0 Å². The number of halogens is 1. The monoisotopic (exact) mass is 228 g/mol. The first-order valence-electron chi connectivity index (χ1n) is 4.02. The first-order valence-corrected chi connectivity index (χ1v) is 5.46. The minimum absolute atomic E-state index is 0.108. The summed E-state index contributed by atoms with van der Waals surface area (Å²) in [5.41, 5.74) is 0.108. The van der Waals surface area contributed by atoms with Crippen molar-refractivity contribution in [3.8, 4) is 6.07 Å². The topological polar surface area (TPSA) is 61.2 Å². The molecule has 0 aromatic heterocycles. The quantitative estimate of drug-likeness (QED) is 0.757. The minimum atomic E-state index is -3.83. The van der Waals surface area contributed by atoms with Crippen molar-refractivity contribution < 1.29 is 12.8 Å². The summed E-state index contributed by atoms with van der Waals surface area (Å²) >= 11 is 0. The molecule has 0 amide bonds. The zero-order valence-electron chi connectivity index (χ0n) is 8.23. The van der Waals surface area contributed by atoms with Crippen LogP contribution in [0.3, 0.4) is 0 Å². The van der Waals surface area contributed by atoms with Gasteiger partial charge in [0.2, 0.25) is 10.0 Å². The molecule has 0 radical (unpaired) electrons. The zero-order chi connectivity index (χ0) is 11.6. The summed E-state index contributed by atoms with van der Waals surface area (Å²) in [6, 6.07) is 4.97. The summed E-state index contributed by atoms with van der Waals surface area (Å²) in [5.74, 6) is -0.859. The van der Waals surface area contributed by atoms with Crippen molar-refractivity contribution in [2.75, 3.05) is 14.1 Å². The van der Waals surface area contributed by atoms with Crippen LogP contribution in [0.1, 0.15) is 5.56 Å². The van der Waals surface area contributed by atoms with Gasteiger partial charge in [-0.3, -0.25) is 0 Å². The van der Waals surface area contributed by atoms with E-state index in [9.17, 15) is 12.8 Å². The first-order chi connectivity index (χ1) is 6.89. The molecular weight excluding hydrogens is 219 g/mol. The fourth-order valence-corrected chi connectivity index (χ4v) is 1.95. The van der Waals surface area contributed by atoms with E-state index in [0.717, 1.165) is 16.4 Å². The van der Waals surface area contributed by atoms with Crippen LogP contribution in [-0.2, 0) is 10.0 Å². The Bertz CT molecular complexity index is 517. The van der Waals surface area contributed by atoms with Crippen molar-refractivity contribution in [2.45, 2.75) is 4.90 Å². The van der Waals surface area contributed by atoms with E-state index in [2.05, 4.69) is 0 Å². The van der Waals surface area contributed by atoms with Gasteiger partial charge in [0.05, 0.1) is 11.6 Å². The third kappa shape index (κ3) is 2.14. The Kier molecular flexibility index (Phi) is 3.07. The maximum Gasteiger partial charge on any atom is 0.245 e. The van der Waals surface area contributed by atoms with E-state index < -0.39 is 20.7 Å².